The van der Waals surface area contributed by atoms with Crippen LogP contribution in [0, 0.1) is 0 Å². The minimum atomic E-state index is -0.380. The third kappa shape index (κ3) is 3.66. The second-order valence-electron chi connectivity index (χ2n) is 3.23. The number of ether oxygens (including phenoxy) is 1. The van der Waals surface area contributed by atoms with Crippen LogP contribution in [0.2, 0.25) is 5.02 Å². The molecule has 14 heavy (non-hydrogen) atoms. The first-order valence-electron chi connectivity index (χ1n) is 4.64. The van der Waals surface area contributed by atoms with Gasteiger partial charge in [-0.3, -0.25) is 0 Å². The lowest BCUT2D eigenvalue weighted by Crippen LogP contribution is -2.13. The molecule has 0 aromatic heterocycles. The Hall–Kier alpha value is -0.570. The highest BCUT2D eigenvalue weighted by Gasteiger charge is 2.07. The van der Waals surface area contributed by atoms with Gasteiger partial charge in [0.15, 0.2) is 0 Å². The fourth-order valence-corrected chi connectivity index (χ4v) is 1.49. The number of halogens is 1. The van der Waals surface area contributed by atoms with Gasteiger partial charge < -0.3 is 9.84 Å². The molecule has 1 rings (SSSR count). The maximum Gasteiger partial charge on any atom is 0.0603 e. The SMILES string of the molecule is COCCC(O)Cc1ccccc1Cl. The van der Waals surface area contributed by atoms with Gasteiger partial charge in [0.1, 0.15) is 0 Å². The predicted molar refractivity (Wildman–Crippen MR) is 57.7 cm³/mol. The fourth-order valence-electron chi connectivity index (χ4n) is 1.27. The number of benzene rings is 1. The lowest BCUT2D eigenvalue weighted by atomic mass is 10.1. The Kier molecular flexibility index (Phi) is 4.94. The third-order valence-electron chi connectivity index (χ3n) is 2.07. The summed E-state index contributed by atoms with van der Waals surface area (Å²) in [6, 6.07) is 7.57. The average Bonchev–Trinajstić information content (AvgIpc) is 2.18. The molecule has 0 radical (unpaired) electrons. The predicted octanol–water partition coefficient (Wildman–Crippen LogP) is 2.28. The molecule has 0 aliphatic rings. The number of hydrogen-bond donors (Lipinski definition) is 1. The number of aliphatic hydroxyl groups excluding tert-OH is 1. The van der Waals surface area contributed by atoms with Crippen molar-refractivity contribution in [1.29, 1.82) is 0 Å². The van der Waals surface area contributed by atoms with Crippen molar-refractivity contribution >= 4 is 11.6 Å². The third-order valence-corrected chi connectivity index (χ3v) is 2.44. The van der Waals surface area contributed by atoms with Crippen molar-refractivity contribution in [3.63, 3.8) is 0 Å². The number of aliphatic hydroxyl groups is 1. The summed E-state index contributed by atoms with van der Waals surface area (Å²) in [6.45, 7) is 0.575. The standard InChI is InChI=1S/C11H15ClO2/c1-14-7-6-10(13)8-9-4-2-3-5-11(9)12/h2-5,10,13H,6-8H2,1H3. The van der Waals surface area contributed by atoms with E-state index in [0.29, 0.717) is 24.5 Å². The van der Waals surface area contributed by atoms with Crippen molar-refractivity contribution < 1.29 is 9.84 Å². The highest BCUT2D eigenvalue weighted by atomic mass is 35.5. The van der Waals surface area contributed by atoms with Crippen LogP contribution in [0.5, 0.6) is 0 Å². The molecule has 0 amide bonds. The fraction of sp³-hybridized carbons (Fsp3) is 0.455. The van der Waals surface area contributed by atoms with E-state index in [0.717, 1.165) is 5.56 Å². The van der Waals surface area contributed by atoms with Gasteiger partial charge in [-0.2, -0.15) is 0 Å². The second-order valence-corrected chi connectivity index (χ2v) is 3.64. The van der Waals surface area contributed by atoms with Crippen LogP contribution in [0.25, 0.3) is 0 Å². The largest absolute Gasteiger partial charge is 0.393 e. The van der Waals surface area contributed by atoms with Crippen LogP contribution in [-0.4, -0.2) is 24.9 Å². The monoisotopic (exact) mass is 214 g/mol. The van der Waals surface area contributed by atoms with Crippen molar-refractivity contribution in [2.45, 2.75) is 18.9 Å². The quantitative estimate of drug-likeness (QED) is 0.815. The number of methoxy groups -OCH3 is 1. The van der Waals surface area contributed by atoms with Crippen LogP contribution in [0.1, 0.15) is 12.0 Å². The highest BCUT2D eigenvalue weighted by Crippen LogP contribution is 2.17. The first-order valence-corrected chi connectivity index (χ1v) is 5.02. The van der Waals surface area contributed by atoms with Gasteiger partial charge in [-0.05, 0) is 24.5 Å². The Labute approximate surface area is 89.5 Å². The van der Waals surface area contributed by atoms with Crippen LogP contribution < -0.4 is 0 Å². The lowest BCUT2D eigenvalue weighted by Gasteiger charge is -2.10. The molecule has 3 heteroatoms. The minimum Gasteiger partial charge on any atom is -0.393 e. The molecule has 2 nitrogen and oxygen atoms in total. The molecule has 1 aromatic rings. The van der Waals surface area contributed by atoms with E-state index in [1.165, 1.54) is 0 Å². The normalized spacial score (nSPS) is 12.8. The summed E-state index contributed by atoms with van der Waals surface area (Å²) in [5.41, 5.74) is 0.984. The summed E-state index contributed by atoms with van der Waals surface area (Å²) >= 11 is 5.96. The Bertz CT molecular complexity index is 276. The molecule has 1 aromatic carbocycles. The van der Waals surface area contributed by atoms with Gasteiger partial charge in [-0.15, -0.1) is 0 Å². The summed E-state index contributed by atoms with van der Waals surface area (Å²) in [7, 11) is 1.63. The summed E-state index contributed by atoms with van der Waals surface area (Å²) in [5.74, 6) is 0. The van der Waals surface area contributed by atoms with E-state index in [4.69, 9.17) is 16.3 Å². The zero-order valence-electron chi connectivity index (χ0n) is 8.24. The summed E-state index contributed by atoms with van der Waals surface area (Å²) < 4.78 is 4.89. The van der Waals surface area contributed by atoms with Crippen LogP contribution in [0.4, 0.5) is 0 Å². The van der Waals surface area contributed by atoms with E-state index < -0.39 is 0 Å². The summed E-state index contributed by atoms with van der Waals surface area (Å²) in [4.78, 5) is 0. The van der Waals surface area contributed by atoms with Gasteiger partial charge in [0.05, 0.1) is 6.10 Å². The average molecular weight is 215 g/mol. The maximum absolute atomic E-state index is 9.62. The van der Waals surface area contributed by atoms with Crippen molar-refractivity contribution in [3.8, 4) is 0 Å². The van der Waals surface area contributed by atoms with E-state index in [1.54, 1.807) is 7.11 Å². The number of rotatable bonds is 5. The van der Waals surface area contributed by atoms with E-state index in [9.17, 15) is 5.11 Å². The van der Waals surface area contributed by atoms with Gasteiger partial charge >= 0.3 is 0 Å². The van der Waals surface area contributed by atoms with Crippen LogP contribution in [0.15, 0.2) is 24.3 Å². The Morgan fingerprint density at radius 1 is 1.43 bits per heavy atom. The molecule has 0 spiro atoms. The van der Waals surface area contributed by atoms with Gasteiger partial charge in [-0.25, -0.2) is 0 Å². The van der Waals surface area contributed by atoms with E-state index in [2.05, 4.69) is 0 Å². The van der Waals surface area contributed by atoms with Gasteiger partial charge in [0.25, 0.3) is 0 Å². The summed E-state index contributed by atoms with van der Waals surface area (Å²) in [6.07, 6.45) is 0.847. The molecule has 78 valence electrons. The molecule has 0 saturated heterocycles. The van der Waals surface area contributed by atoms with Crippen molar-refractivity contribution in [1.82, 2.24) is 0 Å². The molecule has 0 heterocycles. The van der Waals surface area contributed by atoms with Gasteiger partial charge in [0, 0.05) is 18.7 Å². The molecule has 1 unspecified atom stereocenters. The summed E-state index contributed by atoms with van der Waals surface area (Å²) in [5, 5.41) is 10.3. The van der Waals surface area contributed by atoms with Crippen molar-refractivity contribution in [2.24, 2.45) is 0 Å². The second kappa shape index (κ2) is 6.02. The molecular formula is C11H15ClO2. The highest BCUT2D eigenvalue weighted by molar-refractivity contribution is 6.31. The Balaban J connectivity index is 2.47. The van der Waals surface area contributed by atoms with Crippen molar-refractivity contribution in [3.05, 3.63) is 34.9 Å². The molecule has 1 N–H and O–H groups in total. The Morgan fingerprint density at radius 3 is 2.79 bits per heavy atom. The maximum atomic E-state index is 9.62. The number of hydrogen-bond acceptors (Lipinski definition) is 2. The molecule has 0 bridgehead atoms. The van der Waals surface area contributed by atoms with Gasteiger partial charge in [0.2, 0.25) is 0 Å². The Morgan fingerprint density at radius 2 is 2.14 bits per heavy atom. The molecule has 0 fully saturated rings. The van der Waals surface area contributed by atoms with Crippen LogP contribution in [0.3, 0.4) is 0 Å². The first kappa shape index (κ1) is 11.5. The van der Waals surface area contributed by atoms with E-state index in [1.807, 2.05) is 24.3 Å². The molecule has 1 atom stereocenters. The molecule has 0 aliphatic carbocycles. The molecular weight excluding hydrogens is 200 g/mol. The first-order chi connectivity index (χ1) is 6.74. The zero-order chi connectivity index (χ0) is 10.4. The van der Waals surface area contributed by atoms with Gasteiger partial charge in [-0.1, -0.05) is 29.8 Å². The molecule has 0 saturated carbocycles. The smallest absolute Gasteiger partial charge is 0.0603 e. The van der Waals surface area contributed by atoms with Crippen LogP contribution >= 0.6 is 11.6 Å². The minimum absolute atomic E-state index is 0.380. The molecule has 0 aliphatic heterocycles. The van der Waals surface area contributed by atoms with E-state index in [-0.39, 0.29) is 6.10 Å². The van der Waals surface area contributed by atoms with Crippen LogP contribution in [-0.2, 0) is 11.2 Å². The zero-order valence-corrected chi connectivity index (χ0v) is 9.00. The topological polar surface area (TPSA) is 29.5 Å². The lowest BCUT2D eigenvalue weighted by molar-refractivity contribution is 0.110. The van der Waals surface area contributed by atoms with Crippen molar-refractivity contribution in [2.75, 3.05) is 13.7 Å². The van der Waals surface area contributed by atoms with E-state index >= 15 is 0 Å².